The first-order valence-electron chi connectivity index (χ1n) is 5.36. The molecule has 1 aliphatic rings. The first-order valence-corrected chi connectivity index (χ1v) is 5.36. The first kappa shape index (κ1) is 12.1. The number of hydrogen-bond donors (Lipinski definition) is 1. The highest BCUT2D eigenvalue weighted by atomic mass is 16.5. The fourth-order valence-electron chi connectivity index (χ4n) is 1.67. The SMILES string of the molecule is CN(Cc1ccc2c(c1)NC(=O)CO2)C(=O)C=O. The molecular weight excluding hydrogens is 236 g/mol. The van der Waals surface area contributed by atoms with Crippen LogP contribution in [-0.2, 0) is 20.9 Å². The molecule has 0 atom stereocenters. The summed E-state index contributed by atoms with van der Waals surface area (Å²) in [6.07, 6.45) is 0.267. The lowest BCUT2D eigenvalue weighted by atomic mass is 10.1. The lowest BCUT2D eigenvalue weighted by Gasteiger charge is -2.20. The maximum atomic E-state index is 11.2. The molecule has 94 valence electrons. The van der Waals surface area contributed by atoms with Gasteiger partial charge in [0.1, 0.15) is 5.75 Å². The van der Waals surface area contributed by atoms with Crippen molar-refractivity contribution in [2.45, 2.75) is 6.54 Å². The zero-order valence-electron chi connectivity index (χ0n) is 9.80. The molecule has 0 aliphatic carbocycles. The second-order valence-electron chi connectivity index (χ2n) is 3.98. The minimum atomic E-state index is -0.590. The van der Waals surface area contributed by atoms with Crippen molar-refractivity contribution in [2.75, 3.05) is 19.0 Å². The molecule has 0 spiro atoms. The Kier molecular flexibility index (Phi) is 3.27. The minimum Gasteiger partial charge on any atom is -0.482 e. The second-order valence-corrected chi connectivity index (χ2v) is 3.98. The zero-order chi connectivity index (χ0) is 13.1. The van der Waals surface area contributed by atoms with Gasteiger partial charge >= 0.3 is 0 Å². The number of ether oxygens (including phenoxy) is 1. The molecular formula is C12H12N2O4. The predicted molar refractivity (Wildman–Crippen MR) is 63.1 cm³/mol. The molecule has 0 bridgehead atoms. The second kappa shape index (κ2) is 4.87. The number of nitrogens with zero attached hydrogens (tertiary/aromatic N) is 1. The van der Waals surface area contributed by atoms with Crippen molar-refractivity contribution in [1.29, 1.82) is 0 Å². The summed E-state index contributed by atoms with van der Waals surface area (Å²) in [7, 11) is 1.53. The third-order valence-corrected chi connectivity index (χ3v) is 2.57. The summed E-state index contributed by atoms with van der Waals surface area (Å²) in [5, 5.41) is 2.68. The monoisotopic (exact) mass is 248 g/mol. The maximum absolute atomic E-state index is 11.2. The Morgan fingerprint density at radius 2 is 2.33 bits per heavy atom. The molecule has 0 saturated carbocycles. The molecule has 18 heavy (non-hydrogen) atoms. The lowest BCUT2D eigenvalue weighted by Crippen LogP contribution is -2.28. The molecule has 1 aromatic carbocycles. The Bertz CT molecular complexity index is 513. The molecule has 0 aromatic heterocycles. The van der Waals surface area contributed by atoms with Gasteiger partial charge in [-0.25, -0.2) is 0 Å². The average molecular weight is 248 g/mol. The van der Waals surface area contributed by atoms with Crippen molar-refractivity contribution >= 4 is 23.8 Å². The van der Waals surface area contributed by atoms with Crippen LogP contribution in [0.15, 0.2) is 18.2 Å². The first-order chi connectivity index (χ1) is 8.60. The van der Waals surface area contributed by atoms with Crippen LogP contribution >= 0.6 is 0 Å². The third kappa shape index (κ3) is 2.48. The van der Waals surface area contributed by atoms with Crippen LogP contribution in [0.3, 0.4) is 0 Å². The van der Waals surface area contributed by atoms with Crippen LogP contribution in [0.1, 0.15) is 5.56 Å². The smallest absolute Gasteiger partial charge is 0.286 e. The Labute approximate surface area is 104 Å². The molecule has 1 N–H and O–H groups in total. The van der Waals surface area contributed by atoms with Gasteiger partial charge in [0.25, 0.3) is 11.8 Å². The molecule has 0 saturated heterocycles. The van der Waals surface area contributed by atoms with Gasteiger partial charge in [-0.05, 0) is 17.7 Å². The summed E-state index contributed by atoms with van der Waals surface area (Å²) in [4.78, 5) is 33.9. The van der Waals surface area contributed by atoms with E-state index in [0.717, 1.165) is 5.56 Å². The van der Waals surface area contributed by atoms with Gasteiger partial charge in [0.05, 0.1) is 5.69 Å². The summed E-state index contributed by atoms with van der Waals surface area (Å²) in [5.74, 6) is -0.201. The van der Waals surface area contributed by atoms with E-state index in [9.17, 15) is 14.4 Å². The van der Waals surface area contributed by atoms with Gasteiger partial charge in [-0.1, -0.05) is 6.07 Å². The zero-order valence-corrected chi connectivity index (χ0v) is 9.80. The van der Waals surface area contributed by atoms with E-state index < -0.39 is 5.91 Å². The fourth-order valence-corrected chi connectivity index (χ4v) is 1.67. The molecule has 0 unspecified atom stereocenters. The number of benzene rings is 1. The molecule has 1 heterocycles. The standard InChI is InChI=1S/C12H12N2O4/c1-14(12(17)6-15)5-8-2-3-10-9(4-8)13-11(16)7-18-10/h2-4,6H,5,7H2,1H3,(H,13,16). The molecule has 6 heteroatoms. The van der Waals surface area contributed by atoms with Crippen LogP contribution in [0, 0.1) is 0 Å². The van der Waals surface area contributed by atoms with Gasteiger partial charge < -0.3 is 15.0 Å². The van der Waals surface area contributed by atoms with Crippen LogP contribution in [-0.4, -0.2) is 36.7 Å². The van der Waals surface area contributed by atoms with Crippen LogP contribution in [0.25, 0.3) is 0 Å². The Morgan fingerprint density at radius 1 is 1.56 bits per heavy atom. The minimum absolute atomic E-state index is 0.00980. The summed E-state index contributed by atoms with van der Waals surface area (Å²) < 4.78 is 5.22. The Hall–Kier alpha value is -2.37. The van der Waals surface area contributed by atoms with E-state index in [-0.39, 0.29) is 18.8 Å². The molecule has 6 nitrogen and oxygen atoms in total. The quantitative estimate of drug-likeness (QED) is 0.611. The van der Waals surface area contributed by atoms with Crippen LogP contribution in [0.4, 0.5) is 5.69 Å². The highest BCUT2D eigenvalue weighted by Crippen LogP contribution is 2.28. The third-order valence-electron chi connectivity index (χ3n) is 2.57. The number of likely N-dealkylation sites (N-methyl/N-ethyl adjacent to an activating group) is 1. The van der Waals surface area contributed by atoms with Gasteiger partial charge in [0, 0.05) is 13.6 Å². The highest BCUT2D eigenvalue weighted by molar-refractivity contribution is 6.23. The fraction of sp³-hybridized carbons (Fsp3) is 0.250. The van der Waals surface area contributed by atoms with Crippen LogP contribution in [0.2, 0.25) is 0 Å². The van der Waals surface area contributed by atoms with Crippen molar-refractivity contribution in [1.82, 2.24) is 4.90 Å². The largest absolute Gasteiger partial charge is 0.482 e. The van der Waals surface area contributed by atoms with E-state index in [1.54, 1.807) is 18.2 Å². The lowest BCUT2D eigenvalue weighted by molar-refractivity contribution is -0.138. The van der Waals surface area contributed by atoms with E-state index in [4.69, 9.17) is 4.74 Å². The summed E-state index contributed by atoms with van der Waals surface area (Å²) in [5.41, 5.74) is 1.38. The van der Waals surface area contributed by atoms with E-state index in [2.05, 4.69) is 5.32 Å². The number of anilines is 1. The molecule has 0 fully saturated rings. The van der Waals surface area contributed by atoms with Crippen molar-refractivity contribution < 1.29 is 19.1 Å². The molecule has 2 amide bonds. The van der Waals surface area contributed by atoms with Crippen LogP contribution in [0.5, 0.6) is 5.75 Å². The summed E-state index contributed by atoms with van der Waals surface area (Å²) >= 11 is 0. The number of carbonyl (C=O) groups excluding carboxylic acids is 3. The molecule has 1 aromatic rings. The van der Waals surface area contributed by atoms with Gasteiger partial charge in [-0.2, -0.15) is 0 Å². The molecule has 1 aliphatic heterocycles. The normalized spacial score (nSPS) is 13.1. The van der Waals surface area contributed by atoms with E-state index in [1.807, 2.05) is 0 Å². The van der Waals surface area contributed by atoms with Crippen molar-refractivity contribution in [3.05, 3.63) is 23.8 Å². The number of rotatable bonds is 3. The number of hydrogen-bond acceptors (Lipinski definition) is 4. The molecule has 0 radical (unpaired) electrons. The highest BCUT2D eigenvalue weighted by Gasteiger charge is 2.16. The van der Waals surface area contributed by atoms with Crippen LogP contribution < -0.4 is 10.1 Å². The van der Waals surface area contributed by atoms with Gasteiger partial charge in [-0.3, -0.25) is 14.4 Å². The Morgan fingerprint density at radius 3 is 3.06 bits per heavy atom. The summed E-state index contributed by atoms with van der Waals surface area (Å²) in [6.45, 7) is 0.302. The topological polar surface area (TPSA) is 75.7 Å². The number of nitrogens with one attached hydrogen (secondary N) is 1. The van der Waals surface area contributed by atoms with E-state index in [1.165, 1.54) is 11.9 Å². The molecule has 2 rings (SSSR count). The van der Waals surface area contributed by atoms with Crippen molar-refractivity contribution in [3.63, 3.8) is 0 Å². The number of aldehydes is 1. The number of amides is 2. The van der Waals surface area contributed by atoms with E-state index >= 15 is 0 Å². The van der Waals surface area contributed by atoms with Crippen molar-refractivity contribution in [3.8, 4) is 5.75 Å². The van der Waals surface area contributed by atoms with E-state index in [0.29, 0.717) is 18.0 Å². The predicted octanol–water partition coefficient (Wildman–Crippen LogP) is 0.175. The summed E-state index contributed by atoms with van der Waals surface area (Å²) in [6, 6.07) is 5.23. The Balaban J connectivity index is 2.16. The van der Waals surface area contributed by atoms with Gasteiger partial charge in [0.2, 0.25) is 6.29 Å². The van der Waals surface area contributed by atoms with Gasteiger partial charge in [-0.15, -0.1) is 0 Å². The maximum Gasteiger partial charge on any atom is 0.286 e. The van der Waals surface area contributed by atoms with Crippen molar-refractivity contribution in [2.24, 2.45) is 0 Å². The van der Waals surface area contributed by atoms with Gasteiger partial charge in [0.15, 0.2) is 6.61 Å². The number of carbonyl (C=O) groups is 3. The average Bonchev–Trinajstić information content (AvgIpc) is 2.37. The number of fused-ring (bicyclic) bond motifs is 1.